The van der Waals surface area contributed by atoms with E-state index in [2.05, 4.69) is 18.1 Å². The molecule has 3 nitrogen and oxygen atoms in total. The van der Waals surface area contributed by atoms with Crippen LogP contribution in [0, 0.1) is 0 Å². The topological polar surface area (TPSA) is 48.1 Å². The summed E-state index contributed by atoms with van der Waals surface area (Å²) in [5.41, 5.74) is 6.39. The highest BCUT2D eigenvalue weighted by molar-refractivity contribution is 5.14. The zero-order valence-corrected chi connectivity index (χ0v) is 10.1. The van der Waals surface area contributed by atoms with Gasteiger partial charge >= 0.3 is 0 Å². The summed E-state index contributed by atoms with van der Waals surface area (Å²) in [6.07, 6.45) is 4.14. The van der Waals surface area contributed by atoms with Crippen LogP contribution in [0.3, 0.4) is 0 Å². The monoisotopic (exact) mass is 220 g/mol. The van der Waals surface area contributed by atoms with Crippen LogP contribution in [0.4, 0.5) is 0 Å². The Hall–Kier alpha value is -1.61. The molecule has 16 heavy (non-hydrogen) atoms. The molecule has 0 bridgehead atoms. The number of nitrogens with two attached hydrogens (primary N) is 1. The molecule has 1 heterocycles. The van der Waals surface area contributed by atoms with Crippen LogP contribution in [0.1, 0.15) is 19.4 Å². The maximum atomic E-state index is 5.34. The molecule has 2 N–H and O–H groups in total. The fraction of sp³-hybridized carbons (Fsp3) is 0.308. The average molecular weight is 220 g/mol. The van der Waals surface area contributed by atoms with E-state index >= 15 is 0 Å². The fourth-order valence-electron chi connectivity index (χ4n) is 1.01. The van der Waals surface area contributed by atoms with Gasteiger partial charge < -0.3 is 10.5 Å². The normalized spacial score (nSPS) is 8.69. The second kappa shape index (κ2) is 8.68. The zero-order chi connectivity index (χ0) is 12.4. The Balaban J connectivity index is 0.00000106. The molecule has 0 aromatic carbocycles. The minimum Gasteiger partial charge on any atom is -0.466 e. The summed E-state index contributed by atoms with van der Waals surface area (Å²) in [5.74, 6) is 1.16. The van der Waals surface area contributed by atoms with Crippen molar-refractivity contribution in [1.29, 1.82) is 0 Å². The molecule has 0 aliphatic rings. The van der Waals surface area contributed by atoms with Gasteiger partial charge in [0.1, 0.15) is 11.5 Å². The van der Waals surface area contributed by atoms with Gasteiger partial charge in [0.2, 0.25) is 0 Å². The molecule has 3 heteroatoms. The molecule has 0 aliphatic carbocycles. The number of allylic oxidation sites excluding steroid dienone is 1. The van der Waals surface area contributed by atoms with Gasteiger partial charge in [-0.15, -0.1) is 0 Å². The lowest BCUT2D eigenvalue weighted by molar-refractivity contribution is 0.296. The summed E-state index contributed by atoms with van der Waals surface area (Å²) in [4.78, 5) is 3.99. The molecule has 1 aromatic heterocycles. The Morgan fingerprint density at radius 1 is 1.38 bits per heavy atom. The number of ether oxygens (including phenoxy) is 1. The van der Waals surface area contributed by atoms with E-state index in [0.717, 1.165) is 5.56 Å². The lowest BCUT2D eigenvalue weighted by Crippen LogP contribution is -2.06. The van der Waals surface area contributed by atoms with Gasteiger partial charge in [-0.1, -0.05) is 33.1 Å². The van der Waals surface area contributed by atoms with E-state index in [1.165, 1.54) is 0 Å². The Morgan fingerprint density at radius 3 is 2.56 bits per heavy atom. The van der Waals surface area contributed by atoms with Crippen molar-refractivity contribution in [3.63, 3.8) is 0 Å². The third-order valence-corrected chi connectivity index (χ3v) is 1.64. The molecule has 0 spiro atoms. The van der Waals surface area contributed by atoms with Gasteiger partial charge in [0, 0.05) is 18.8 Å². The Morgan fingerprint density at radius 2 is 2.06 bits per heavy atom. The molecule has 0 radical (unpaired) electrons. The van der Waals surface area contributed by atoms with Gasteiger partial charge in [-0.25, -0.2) is 0 Å². The first-order valence-corrected chi connectivity index (χ1v) is 5.34. The standard InChI is InChI=1S/C11H14N2O.C2H6/c1-9(14-10(2)7-12)6-11-4-3-5-13-8-11;1-2/h3-5,8H,1-2,6-7,12H2;1-2H3. The molecule has 0 saturated carbocycles. The lowest BCUT2D eigenvalue weighted by atomic mass is 10.2. The minimum atomic E-state index is 0.312. The summed E-state index contributed by atoms with van der Waals surface area (Å²) in [6.45, 7) is 11.7. The van der Waals surface area contributed by atoms with Crippen LogP contribution in [0.5, 0.6) is 0 Å². The highest BCUT2D eigenvalue weighted by atomic mass is 16.5. The van der Waals surface area contributed by atoms with Crippen molar-refractivity contribution < 1.29 is 4.74 Å². The van der Waals surface area contributed by atoms with Crippen molar-refractivity contribution in [1.82, 2.24) is 4.98 Å². The molecule has 88 valence electrons. The molecule has 1 aromatic rings. The van der Waals surface area contributed by atoms with Crippen LogP contribution < -0.4 is 5.73 Å². The van der Waals surface area contributed by atoms with E-state index in [1.807, 2.05) is 26.0 Å². The number of nitrogens with zero attached hydrogens (tertiary/aromatic N) is 1. The van der Waals surface area contributed by atoms with Crippen LogP contribution in [0.15, 0.2) is 49.2 Å². The highest BCUT2D eigenvalue weighted by Gasteiger charge is 1.99. The highest BCUT2D eigenvalue weighted by Crippen LogP contribution is 2.08. The van der Waals surface area contributed by atoms with Crippen LogP contribution in [-0.4, -0.2) is 11.5 Å². The van der Waals surface area contributed by atoms with Gasteiger partial charge in [0.05, 0.1) is 6.54 Å². The van der Waals surface area contributed by atoms with E-state index in [0.29, 0.717) is 24.5 Å². The SMILES string of the molecule is C=C(CN)OC(=C)Cc1cccnc1.CC. The third kappa shape index (κ3) is 5.98. The lowest BCUT2D eigenvalue weighted by Gasteiger charge is -2.08. The summed E-state index contributed by atoms with van der Waals surface area (Å²) >= 11 is 0. The minimum absolute atomic E-state index is 0.312. The number of hydrogen-bond donors (Lipinski definition) is 1. The molecule has 0 saturated heterocycles. The van der Waals surface area contributed by atoms with Crippen LogP contribution >= 0.6 is 0 Å². The summed E-state index contributed by atoms with van der Waals surface area (Å²) in [7, 11) is 0. The molecule has 0 atom stereocenters. The molecule has 0 fully saturated rings. The number of aromatic nitrogens is 1. The molecule has 0 amide bonds. The van der Waals surface area contributed by atoms with E-state index in [1.54, 1.807) is 12.4 Å². The fourth-order valence-corrected chi connectivity index (χ4v) is 1.01. The third-order valence-electron chi connectivity index (χ3n) is 1.64. The van der Waals surface area contributed by atoms with Crippen molar-refractivity contribution in [2.45, 2.75) is 20.3 Å². The summed E-state index contributed by atoms with van der Waals surface area (Å²) < 4.78 is 5.26. The quantitative estimate of drug-likeness (QED) is 0.776. The molecular formula is C13H20N2O. The van der Waals surface area contributed by atoms with Crippen molar-refractivity contribution in [3.05, 3.63) is 54.8 Å². The van der Waals surface area contributed by atoms with Crippen molar-refractivity contribution in [3.8, 4) is 0 Å². The van der Waals surface area contributed by atoms with Gasteiger partial charge in [0.15, 0.2) is 0 Å². The van der Waals surface area contributed by atoms with Crippen LogP contribution in [0.2, 0.25) is 0 Å². The molecule has 1 rings (SSSR count). The first kappa shape index (κ1) is 14.4. The van der Waals surface area contributed by atoms with Crippen LogP contribution in [0.25, 0.3) is 0 Å². The van der Waals surface area contributed by atoms with E-state index < -0.39 is 0 Å². The summed E-state index contributed by atoms with van der Waals surface area (Å²) in [6, 6.07) is 3.84. The predicted octanol–water partition coefficient (Wildman–Crippen LogP) is 2.65. The Labute approximate surface area is 97.7 Å². The van der Waals surface area contributed by atoms with E-state index in [4.69, 9.17) is 10.5 Å². The number of pyridine rings is 1. The first-order valence-electron chi connectivity index (χ1n) is 5.34. The summed E-state index contributed by atoms with van der Waals surface area (Å²) in [5, 5.41) is 0. The zero-order valence-electron chi connectivity index (χ0n) is 10.1. The molecule has 0 aliphatic heterocycles. The van der Waals surface area contributed by atoms with E-state index in [-0.39, 0.29) is 0 Å². The maximum Gasteiger partial charge on any atom is 0.110 e. The van der Waals surface area contributed by atoms with Gasteiger partial charge in [-0.3, -0.25) is 4.98 Å². The number of hydrogen-bond acceptors (Lipinski definition) is 3. The Kier molecular flexibility index (Phi) is 7.81. The second-order valence-electron chi connectivity index (χ2n) is 2.92. The number of rotatable bonds is 5. The van der Waals surface area contributed by atoms with Gasteiger partial charge in [-0.05, 0) is 11.6 Å². The second-order valence-corrected chi connectivity index (χ2v) is 2.92. The maximum absolute atomic E-state index is 5.34. The van der Waals surface area contributed by atoms with Crippen LogP contribution in [-0.2, 0) is 11.2 Å². The Bertz CT molecular complexity index is 320. The van der Waals surface area contributed by atoms with Crippen molar-refractivity contribution in [2.75, 3.05) is 6.54 Å². The molecular weight excluding hydrogens is 200 g/mol. The van der Waals surface area contributed by atoms with Gasteiger partial charge in [0.25, 0.3) is 0 Å². The van der Waals surface area contributed by atoms with E-state index in [9.17, 15) is 0 Å². The first-order chi connectivity index (χ1) is 7.72. The average Bonchev–Trinajstić information content (AvgIpc) is 2.32. The smallest absolute Gasteiger partial charge is 0.110 e. The van der Waals surface area contributed by atoms with Crippen molar-refractivity contribution >= 4 is 0 Å². The largest absolute Gasteiger partial charge is 0.466 e. The predicted molar refractivity (Wildman–Crippen MR) is 67.7 cm³/mol. The molecule has 0 unspecified atom stereocenters. The van der Waals surface area contributed by atoms with Crippen molar-refractivity contribution in [2.24, 2.45) is 5.73 Å². The van der Waals surface area contributed by atoms with Gasteiger partial charge in [-0.2, -0.15) is 0 Å².